The highest BCUT2D eigenvalue weighted by atomic mass is 79.9. The van der Waals surface area contributed by atoms with Crippen molar-refractivity contribution in [2.45, 2.75) is 32.1 Å². The maximum Gasteiger partial charge on any atom is 0.287 e. The molecule has 1 aromatic rings. The van der Waals surface area contributed by atoms with Crippen LogP contribution in [-0.2, 0) is 4.79 Å². The maximum atomic E-state index is 12.3. The van der Waals surface area contributed by atoms with E-state index in [4.69, 9.17) is 4.42 Å². The van der Waals surface area contributed by atoms with Crippen LogP contribution >= 0.6 is 15.9 Å². The highest BCUT2D eigenvalue weighted by Crippen LogP contribution is 2.35. The minimum Gasteiger partial charge on any atom is -0.444 e. The fourth-order valence-corrected chi connectivity index (χ4v) is 3.93. The number of carbonyl (C=O) groups excluding carboxylic acids is 2. The van der Waals surface area contributed by atoms with Gasteiger partial charge in [0.05, 0.1) is 6.54 Å². The van der Waals surface area contributed by atoms with Crippen LogP contribution in [0.2, 0.25) is 0 Å². The average Bonchev–Trinajstić information content (AvgIpc) is 2.98. The van der Waals surface area contributed by atoms with E-state index in [2.05, 4.69) is 21.2 Å². The highest BCUT2D eigenvalue weighted by molar-refractivity contribution is 9.10. The molecule has 1 aliphatic carbocycles. The smallest absolute Gasteiger partial charge is 0.287 e. The van der Waals surface area contributed by atoms with E-state index in [0.29, 0.717) is 10.6 Å². The van der Waals surface area contributed by atoms with Gasteiger partial charge in [0, 0.05) is 13.1 Å². The lowest BCUT2D eigenvalue weighted by molar-refractivity contribution is -0.133. The van der Waals surface area contributed by atoms with Crippen molar-refractivity contribution in [1.29, 1.82) is 0 Å². The number of amides is 2. The lowest BCUT2D eigenvalue weighted by Crippen LogP contribution is -2.48. The predicted molar refractivity (Wildman–Crippen MR) is 85.4 cm³/mol. The monoisotopic (exact) mass is 368 g/mol. The maximum absolute atomic E-state index is 12.3. The number of fused-ring (bicyclic) bond motifs is 1. The van der Waals surface area contributed by atoms with Gasteiger partial charge in [0.25, 0.3) is 5.91 Å². The third-order valence-electron chi connectivity index (χ3n) is 4.84. The molecule has 0 radical (unpaired) electrons. The number of hydrogen-bond donors (Lipinski definition) is 1. The SMILES string of the molecule is O=C(NCC(=O)N1CCC2CCCCC2C1)c1ccc(Br)o1. The summed E-state index contributed by atoms with van der Waals surface area (Å²) < 4.78 is 5.68. The molecular formula is C16H21BrN2O3. The summed E-state index contributed by atoms with van der Waals surface area (Å²) in [5.74, 6) is 1.32. The Balaban J connectivity index is 1.48. The van der Waals surface area contributed by atoms with Crippen molar-refractivity contribution >= 4 is 27.7 Å². The van der Waals surface area contributed by atoms with E-state index in [1.807, 2.05) is 4.90 Å². The lowest BCUT2D eigenvalue weighted by Gasteiger charge is -2.41. The number of likely N-dealkylation sites (tertiary alicyclic amines) is 1. The standard InChI is InChI=1S/C16H21BrN2O3/c17-14-6-5-13(22-14)16(21)18-9-15(20)19-8-7-11-3-1-2-4-12(11)10-19/h5-6,11-12H,1-4,7-10H2,(H,18,21). The summed E-state index contributed by atoms with van der Waals surface area (Å²) in [4.78, 5) is 26.1. The first-order valence-corrected chi connectivity index (χ1v) is 8.74. The zero-order valence-corrected chi connectivity index (χ0v) is 14.1. The van der Waals surface area contributed by atoms with Crippen LogP contribution in [-0.4, -0.2) is 36.3 Å². The number of rotatable bonds is 3. The van der Waals surface area contributed by atoms with Gasteiger partial charge in [-0.2, -0.15) is 0 Å². The van der Waals surface area contributed by atoms with E-state index in [0.717, 1.165) is 25.4 Å². The van der Waals surface area contributed by atoms with Gasteiger partial charge in [0.1, 0.15) is 0 Å². The van der Waals surface area contributed by atoms with E-state index in [1.54, 1.807) is 12.1 Å². The van der Waals surface area contributed by atoms with Gasteiger partial charge in [-0.3, -0.25) is 9.59 Å². The summed E-state index contributed by atoms with van der Waals surface area (Å²) in [5.41, 5.74) is 0. The van der Waals surface area contributed by atoms with Gasteiger partial charge in [-0.15, -0.1) is 0 Å². The van der Waals surface area contributed by atoms with E-state index < -0.39 is 0 Å². The van der Waals surface area contributed by atoms with Gasteiger partial charge in [0.2, 0.25) is 5.91 Å². The third kappa shape index (κ3) is 3.54. The lowest BCUT2D eigenvalue weighted by atomic mass is 9.75. The van der Waals surface area contributed by atoms with Crippen LogP contribution in [0.15, 0.2) is 21.2 Å². The topological polar surface area (TPSA) is 62.6 Å². The predicted octanol–water partition coefficient (Wildman–Crippen LogP) is 2.81. The summed E-state index contributed by atoms with van der Waals surface area (Å²) in [6.45, 7) is 1.71. The van der Waals surface area contributed by atoms with Crippen LogP contribution in [0, 0.1) is 11.8 Å². The summed E-state index contributed by atoms with van der Waals surface area (Å²) >= 11 is 3.15. The molecule has 6 heteroatoms. The number of nitrogens with one attached hydrogen (secondary N) is 1. The molecule has 2 amide bonds. The second-order valence-electron chi connectivity index (χ2n) is 6.22. The van der Waals surface area contributed by atoms with Gasteiger partial charge in [-0.25, -0.2) is 0 Å². The molecule has 1 saturated heterocycles. The van der Waals surface area contributed by atoms with E-state index in [1.165, 1.54) is 25.7 Å². The molecule has 0 spiro atoms. The Kier molecular flexibility index (Phi) is 4.86. The molecule has 0 bridgehead atoms. The quantitative estimate of drug-likeness (QED) is 0.891. The molecule has 1 saturated carbocycles. The molecule has 2 unspecified atom stereocenters. The van der Waals surface area contributed by atoms with Crippen LogP contribution < -0.4 is 5.32 Å². The van der Waals surface area contributed by atoms with Crippen molar-refractivity contribution < 1.29 is 14.0 Å². The molecule has 120 valence electrons. The van der Waals surface area contributed by atoms with Crippen molar-refractivity contribution in [1.82, 2.24) is 10.2 Å². The first-order valence-electron chi connectivity index (χ1n) is 7.95. The molecule has 2 fully saturated rings. The zero-order valence-electron chi connectivity index (χ0n) is 12.5. The Morgan fingerprint density at radius 3 is 2.73 bits per heavy atom. The molecule has 1 aromatic heterocycles. The second kappa shape index (κ2) is 6.86. The molecule has 22 heavy (non-hydrogen) atoms. The first kappa shape index (κ1) is 15.6. The molecule has 1 aliphatic heterocycles. The van der Waals surface area contributed by atoms with Gasteiger partial charge < -0.3 is 14.6 Å². The molecule has 2 aliphatic rings. The normalized spacial score (nSPS) is 24.7. The van der Waals surface area contributed by atoms with Crippen LogP contribution in [0.3, 0.4) is 0 Å². The molecule has 0 aromatic carbocycles. The number of hydrogen-bond acceptors (Lipinski definition) is 3. The van der Waals surface area contributed by atoms with E-state index in [9.17, 15) is 9.59 Å². The molecule has 2 heterocycles. The fourth-order valence-electron chi connectivity index (χ4n) is 3.62. The van der Waals surface area contributed by atoms with Crippen LogP contribution in [0.4, 0.5) is 0 Å². The fraction of sp³-hybridized carbons (Fsp3) is 0.625. The summed E-state index contributed by atoms with van der Waals surface area (Å²) in [6.07, 6.45) is 6.28. The second-order valence-corrected chi connectivity index (χ2v) is 7.00. The summed E-state index contributed by atoms with van der Waals surface area (Å²) in [6, 6.07) is 3.24. The third-order valence-corrected chi connectivity index (χ3v) is 5.27. The summed E-state index contributed by atoms with van der Waals surface area (Å²) in [7, 11) is 0. The Labute approximate surface area is 138 Å². The van der Waals surface area contributed by atoms with Crippen LogP contribution in [0.5, 0.6) is 0 Å². The van der Waals surface area contributed by atoms with Gasteiger partial charge in [-0.05, 0) is 52.7 Å². The van der Waals surface area contributed by atoms with Crippen molar-refractivity contribution in [3.63, 3.8) is 0 Å². The minimum atomic E-state index is -0.355. The Bertz CT molecular complexity index is 557. The summed E-state index contributed by atoms with van der Waals surface area (Å²) in [5, 5.41) is 2.64. The van der Waals surface area contributed by atoms with Crippen LogP contribution in [0.1, 0.15) is 42.7 Å². The zero-order chi connectivity index (χ0) is 15.5. The van der Waals surface area contributed by atoms with Crippen molar-refractivity contribution in [3.05, 3.63) is 22.6 Å². The van der Waals surface area contributed by atoms with E-state index >= 15 is 0 Å². The van der Waals surface area contributed by atoms with Gasteiger partial charge >= 0.3 is 0 Å². The molecule has 3 rings (SSSR count). The number of furan rings is 1. The number of carbonyl (C=O) groups is 2. The number of halogens is 1. The molecular weight excluding hydrogens is 348 g/mol. The first-order chi connectivity index (χ1) is 10.6. The van der Waals surface area contributed by atoms with Crippen LogP contribution in [0.25, 0.3) is 0 Å². The Morgan fingerprint density at radius 1 is 1.23 bits per heavy atom. The van der Waals surface area contributed by atoms with Gasteiger partial charge in [0.15, 0.2) is 10.4 Å². The average molecular weight is 369 g/mol. The van der Waals surface area contributed by atoms with Crippen molar-refractivity contribution in [2.24, 2.45) is 11.8 Å². The molecule has 5 nitrogen and oxygen atoms in total. The van der Waals surface area contributed by atoms with Crippen molar-refractivity contribution in [2.75, 3.05) is 19.6 Å². The number of nitrogens with zero attached hydrogens (tertiary/aromatic N) is 1. The highest BCUT2D eigenvalue weighted by Gasteiger charge is 2.32. The van der Waals surface area contributed by atoms with Gasteiger partial charge in [-0.1, -0.05) is 19.3 Å². The molecule has 1 N–H and O–H groups in total. The Morgan fingerprint density at radius 2 is 2.00 bits per heavy atom. The minimum absolute atomic E-state index is 0.00277. The number of piperidine rings is 1. The molecule has 2 atom stereocenters. The largest absolute Gasteiger partial charge is 0.444 e. The van der Waals surface area contributed by atoms with E-state index in [-0.39, 0.29) is 24.1 Å². The Hall–Kier alpha value is -1.30. The van der Waals surface area contributed by atoms with Crippen molar-refractivity contribution in [3.8, 4) is 0 Å².